The zero-order valence-electron chi connectivity index (χ0n) is 25.5. The Hall–Kier alpha value is -2.20. The summed E-state index contributed by atoms with van der Waals surface area (Å²) >= 11 is 0. The molecule has 0 amide bonds. The number of likely N-dealkylation sites (N-methyl/N-ethyl adjacent to an activating group) is 1. The Morgan fingerprint density at radius 3 is 1.11 bits per heavy atom. The highest BCUT2D eigenvalue weighted by molar-refractivity contribution is 5.78. The lowest BCUT2D eigenvalue weighted by Gasteiger charge is -2.35. The molecule has 2 N–H and O–H groups in total. The topological polar surface area (TPSA) is 46.9 Å². The maximum absolute atomic E-state index is 11.7. The second-order valence-electron chi connectivity index (χ2n) is 14.7. The number of hydrogen-bond acceptors (Lipinski definition) is 4. The average molecular weight is 497 g/mol. The molecule has 0 atom stereocenters. The lowest BCUT2D eigenvalue weighted by Crippen LogP contribution is -2.30. The van der Waals surface area contributed by atoms with Crippen molar-refractivity contribution in [1.29, 1.82) is 0 Å². The number of nitrogens with zero attached hydrogens (tertiary/aromatic N) is 2. The SMILES string of the molecule is CN(C)CCN(c1cc(C(C)(C)C)cc(C(C)(C)C)c1O)c1cc(C(C)(C)C)cc(C(C)(C)C)c1O. The number of rotatable bonds is 5. The molecular formula is C32H52N2O2. The van der Waals surface area contributed by atoms with Gasteiger partial charge in [-0.25, -0.2) is 0 Å². The summed E-state index contributed by atoms with van der Waals surface area (Å²) in [6.07, 6.45) is 0. The molecule has 0 aromatic heterocycles. The third kappa shape index (κ3) is 6.76. The van der Waals surface area contributed by atoms with Gasteiger partial charge in [0.05, 0.1) is 11.4 Å². The molecule has 36 heavy (non-hydrogen) atoms. The van der Waals surface area contributed by atoms with E-state index in [1.807, 2.05) is 0 Å². The van der Waals surface area contributed by atoms with Crippen molar-refractivity contribution in [3.63, 3.8) is 0 Å². The zero-order valence-corrected chi connectivity index (χ0v) is 25.5. The molecule has 202 valence electrons. The minimum atomic E-state index is -0.237. The van der Waals surface area contributed by atoms with Gasteiger partial charge < -0.3 is 20.0 Å². The van der Waals surface area contributed by atoms with Crippen LogP contribution in [0.3, 0.4) is 0 Å². The number of benzene rings is 2. The van der Waals surface area contributed by atoms with Crippen LogP contribution in [0.5, 0.6) is 11.5 Å². The molecule has 0 heterocycles. The van der Waals surface area contributed by atoms with E-state index < -0.39 is 0 Å². The molecule has 4 nitrogen and oxygen atoms in total. The van der Waals surface area contributed by atoms with Gasteiger partial charge in [-0.2, -0.15) is 0 Å². The van der Waals surface area contributed by atoms with Gasteiger partial charge in [-0.15, -0.1) is 0 Å². The van der Waals surface area contributed by atoms with Gasteiger partial charge in [0.15, 0.2) is 0 Å². The Labute approximate surface area is 221 Å². The lowest BCUT2D eigenvalue weighted by atomic mass is 9.79. The van der Waals surface area contributed by atoms with Gasteiger partial charge in [-0.05, 0) is 59.0 Å². The first kappa shape index (κ1) is 30.0. The van der Waals surface area contributed by atoms with Crippen molar-refractivity contribution in [2.45, 2.75) is 105 Å². The first-order chi connectivity index (χ1) is 16.0. The third-order valence-electron chi connectivity index (χ3n) is 6.88. The Bertz CT molecular complexity index is 990. The molecule has 2 rings (SSSR count). The van der Waals surface area contributed by atoms with Crippen molar-refractivity contribution < 1.29 is 10.2 Å². The molecule has 2 aromatic rings. The van der Waals surface area contributed by atoms with Gasteiger partial charge in [-0.1, -0.05) is 95.2 Å². The standard InChI is InChI=1S/C32H52N2O2/c1-29(2,3)21-17-23(31(7,8)9)27(35)25(19-21)34(16-15-33(13)14)26-20-22(30(4,5)6)18-24(28(26)36)32(10,11)12/h17-20,35-36H,15-16H2,1-14H3. The molecule has 0 bridgehead atoms. The number of phenolic OH excluding ortho intramolecular Hbond substituents is 2. The van der Waals surface area contributed by atoms with Crippen LogP contribution in [0.4, 0.5) is 11.4 Å². The van der Waals surface area contributed by atoms with Crippen LogP contribution < -0.4 is 4.90 Å². The summed E-state index contributed by atoms with van der Waals surface area (Å²) in [5.74, 6) is 0.569. The fraction of sp³-hybridized carbons (Fsp3) is 0.625. The van der Waals surface area contributed by atoms with E-state index in [1.165, 1.54) is 0 Å². The van der Waals surface area contributed by atoms with Gasteiger partial charge in [0.2, 0.25) is 0 Å². The summed E-state index contributed by atoms with van der Waals surface area (Å²) < 4.78 is 0. The minimum Gasteiger partial charge on any atom is -0.505 e. The Kier molecular flexibility index (Phi) is 8.28. The van der Waals surface area contributed by atoms with Crippen molar-refractivity contribution in [1.82, 2.24) is 4.90 Å². The van der Waals surface area contributed by atoms with Crippen LogP contribution in [0.25, 0.3) is 0 Å². The molecule has 4 heteroatoms. The Morgan fingerprint density at radius 2 is 0.861 bits per heavy atom. The van der Waals surface area contributed by atoms with Gasteiger partial charge in [0.25, 0.3) is 0 Å². The number of phenols is 2. The van der Waals surface area contributed by atoms with E-state index in [1.54, 1.807) is 0 Å². The van der Waals surface area contributed by atoms with Crippen LogP contribution in [0.15, 0.2) is 24.3 Å². The predicted molar refractivity (Wildman–Crippen MR) is 157 cm³/mol. The Balaban J connectivity index is 3.02. The van der Waals surface area contributed by atoms with Crippen LogP contribution in [0, 0.1) is 0 Å². The van der Waals surface area contributed by atoms with E-state index in [-0.39, 0.29) is 33.2 Å². The monoisotopic (exact) mass is 496 g/mol. The molecule has 0 aliphatic carbocycles. The average Bonchev–Trinajstić information content (AvgIpc) is 2.66. The summed E-state index contributed by atoms with van der Waals surface area (Å²) in [5.41, 5.74) is 4.99. The van der Waals surface area contributed by atoms with Crippen LogP contribution in [-0.4, -0.2) is 42.3 Å². The lowest BCUT2D eigenvalue weighted by molar-refractivity contribution is 0.412. The molecular weight excluding hydrogens is 444 g/mol. The molecule has 0 aliphatic heterocycles. The van der Waals surface area contributed by atoms with Gasteiger partial charge in [0, 0.05) is 24.2 Å². The van der Waals surface area contributed by atoms with Crippen LogP contribution in [0.1, 0.15) is 105 Å². The Morgan fingerprint density at radius 1 is 0.528 bits per heavy atom. The quantitative estimate of drug-likeness (QED) is 0.440. The van der Waals surface area contributed by atoms with Crippen molar-refractivity contribution in [3.8, 4) is 11.5 Å². The second kappa shape index (κ2) is 9.93. The summed E-state index contributed by atoms with van der Waals surface area (Å²) in [6.45, 7) is 27.4. The summed E-state index contributed by atoms with van der Waals surface area (Å²) in [4.78, 5) is 4.26. The molecule has 0 saturated heterocycles. The van der Waals surface area contributed by atoms with Crippen molar-refractivity contribution in [2.24, 2.45) is 0 Å². The van der Waals surface area contributed by atoms with Crippen LogP contribution in [0.2, 0.25) is 0 Å². The second-order valence-corrected chi connectivity index (χ2v) is 14.7. The number of aromatic hydroxyl groups is 2. The molecule has 0 radical (unpaired) electrons. The van der Waals surface area contributed by atoms with Gasteiger partial charge in [-0.3, -0.25) is 0 Å². The molecule has 0 aliphatic rings. The highest BCUT2D eigenvalue weighted by Crippen LogP contribution is 2.48. The molecule has 2 aromatic carbocycles. The number of hydrogen-bond donors (Lipinski definition) is 2. The molecule has 0 unspecified atom stereocenters. The number of anilines is 2. The van der Waals surface area contributed by atoms with Gasteiger partial charge >= 0.3 is 0 Å². The first-order valence-corrected chi connectivity index (χ1v) is 13.2. The normalized spacial score (nSPS) is 13.4. The van der Waals surface area contributed by atoms with E-state index in [0.29, 0.717) is 6.54 Å². The molecule has 0 fully saturated rings. The van der Waals surface area contributed by atoms with Gasteiger partial charge in [0.1, 0.15) is 11.5 Å². The largest absolute Gasteiger partial charge is 0.505 e. The fourth-order valence-corrected chi connectivity index (χ4v) is 4.33. The highest BCUT2D eigenvalue weighted by atomic mass is 16.3. The van der Waals surface area contributed by atoms with E-state index in [4.69, 9.17) is 0 Å². The highest BCUT2D eigenvalue weighted by Gasteiger charge is 2.31. The van der Waals surface area contributed by atoms with Crippen molar-refractivity contribution >= 4 is 11.4 Å². The molecule has 0 spiro atoms. The van der Waals surface area contributed by atoms with E-state index >= 15 is 0 Å². The van der Waals surface area contributed by atoms with Crippen LogP contribution >= 0.6 is 0 Å². The summed E-state index contributed by atoms with van der Waals surface area (Å²) in [5, 5.41) is 23.4. The summed E-state index contributed by atoms with van der Waals surface area (Å²) in [6, 6.07) is 8.52. The van der Waals surface area contributed by atoms with E-state index in [9.17, 15) is 10.2 Å². The van der Waals surface area contributed by atoms with E-state index in [0.717, 1.165) is 40.2 Å². The minimum absolute atomic E-state index is 0.0957. The zero-order chi connectivity index (χ0) is 28.0. The summed E-state index contributed by atoms with van der Waals surface area (Å²) in [7, 11) is 4.10. The fourth-order valence-electron chi connectivity index (χ4n) is 4.33. The maximum atomic E-state index is 11.7. The first-order valence-electron chi connectivity index (χ1n) is 13.2. The van der Waals surface area contributed by atoms with Crippen molar-refractivity contribution in [3.05, 3.63) is 46.5 Å². The van der Waals surface area contributed by atoms with Crippen molar-refractivity contribution in [2.75, 3.05) is 32.1 Å². The molecule has 0 saturated carbocycles. The van der Waals surface area contributed by atoms with Crippen LogP contribution in [-0.2, 0) is 21.7 Å². The predicted octanol–water partition coefficient (Wildman–Crippen LogP) is 7.99. The maximum Gasteiger partial charge on any atom is 0.142 e. The smallest absolute Gasteiger partial charge is 0.142 e. The third-order valence-corrected chi connectivity index (χ3v) is 6.88. The van der Waals surface area contributed by atoms with E-state index in [2.05, 4.69) is 131 Å².